The number of hydrogen-bond acceptors (Lipinski definition) is 2. The third-order valence-corrected chi connectivity index (χ3v) is 4.86. The molecule has 4 heteroatoms. The fourth-order valence-corrected chi connectivity index (χ4v) is 3.62. The molecule has 1 aliphatic rings. The summed E-state index contributed by atoms with van der Waals surface area (Å²) in [4.78, 5) is 0. The summed E-state index contributed by atoms with van der Waals surface area (Å²) in [5.41, 5.74) is 3.86. The smallest absolute Gasteiger partial charge is 0.125 e. The van der Waals surface area contributed by atoms with Crippen LogP contribution in [0.15, 0.2) is 45.3 Å². The molecule has 21 heavy (non-hydrogen) atoms. The summed E-state index contributed by atoms with van der Waals surface area (Å²) >= 11 is 7.10. The van der Waals surface area contributed by atoms with Crippen molar-refractivity contribution in [3.63, 3.8) is 0 Å². The first-order chi connectivity index (χ1) is 10.2. The van der Waals surface area contributed by atoms with Crippen molar-refractivity contribution in [1.29, 1.82) is 0 Å². The second-order valence-corrected chi connectivity index (χ2v) is 7.08. The van der Waals surface area contributed by atoms with E-state index in [-0.39, 0.29) is 6.04 Å². The maximum atomic E-state index is 5.83. The molecule has 0 spiro atoms. The summed E-state index contributed by atoms with van der Waals surface area (Å²) in [7, 11) is 2.01. The molecule has 3 rings (SSSR count). The molecule has 110 valence electrons. The average Bonchev–Trinajstić information content (AvgIpc) is 2.94. The Bertz CT molecular complexity index is 640. The molecule has 2 aromatic carbocycles. The van der Waals surface area contributed by atoms with Crippen LogP contribution < -0.4 is 10.1 Å². The molecule has 1 unspecified atom stereocenters. The highest BCUT2D eigenvalue weighted by Crippen LogP contribution is 2.35. The van der Waals surface area contributed by atoms with Crippen LogP contribution in [0.25, 0.3) is 0 Å². The molecule has 0 aromatic heterocycles. The first-order valence-electron chi connectivity index (χ1n) is 7.04. The Morgan fingerprint density at radius 2 is 1.90 bits per heavy atom. The van der Waals surface area contributed by atoms with Crippen LogP contribution in [-0.4, -0.2) is 13.7 Å². The Kier molecular flexibility index (Phi) is 4.67. The molecular formula is C17H17Br2NO. The van der Waals surface area contributed by atoms with E-state index in [2.05, 4.69) is 73.6 Å². The van der Waals surface area contributed by atoms with Crippen molar-refractivity contribution in [2.45, 2.75) is 18.9 Å². The third-order valence-electron chi connectivity index (χ3n) is 3.87. The molecule has 1 aliphatic heterocycles. The van der Waals surface area contributed by atoms with Gasteiger partial charge in [0.25, 0.3) is 0 Å². The number of rotatable bonds is 4. The Labute approximate surface area is 142 Å². The molecule has 1 atom stereocenters. The van der Waals surface area contributed by atoms with E-state index in [1.807, 2.05) is 7.05 Å². The molecule has 0 bridgehead atoms. The summed E-state index contributed by atoms with van der Waals surface area (Å²) < 4.78 is 8.07. The minimum atomic E-state index is 0.278. The van der Waals surface area contributed by atoms with Crippen molar-refractivity contribution >= 4 is 31.9 Å². The van der Waals surface area contributed by atoms with E-state index >= 15 is 0 Å². The van der Waals surface area contributed by atoms with E-state index in [9.17, 15) is 0 Å². The fourth-order valence-electron chi connectivity index (χ4n) is 2.80. The van der Waals surface area contributed by atoms with Crippen molar-refractivity contribution in [1.82, 2.24) is 5.32 Å². The molecule has 2 nitrogen and oxygen atoms in total. The molecule has 0 fully saturated rings. The summed E-state index contributed by atoms with van der Waals surface area (Å²) in [5, 5.41) is 3.41. The molecule has 0 radical (unpaired) electrons. The van der Waals surface area contributed by atoms with Crippen molar-refractivity contribution in [2.24, 2.45) is 0 Å². The predicted octanol–water partition coefficient (Wildman–Crippen LogP) is 4.65. The summed E-state index contributed by atoms with van der Waals surface area (Å²) in [6, 6.07) is 13.1. The second-order valence-electron chi connectivity index (χ2n) is 5.25. The SMILES string of the molecule is CNC(Cc1cc(Br)cc2c1OCC2)c1ccc(Br)cc1. The molecule has 1 heterocycles. The van der Waals surface area contributed by atoms with E-state index in [1.165, 1.54) is 16.7 Å². The van der Waals surface area contributed by atoms with Gasteiger partial charge in [0.15, 0.2) is 0 Å². The number of benzene rings is 2. The lowest BCUT2D eigenvalue weighted by Crippen LogP contribution is -2.19. The van der Waals surface area contributed by atoms with E-state index < -0.39 is 0 Å². The van der Waals surface area contributed by atoms with Gasteiger partial charge in [-0.3, -0.25) is 0 Å². The molecule has 1 N–H and O–H groups in total. The van der Waals surface area contributed by atoms with Crippen LogP contribution in [0.3, 0.4) is 0 Å². The van der Waals surface area contributed by atoms with Gasteiger partial charge in [-0.15, -0.1) is 0 Å². The molecule has 0 amide bonds. The fraction of sp³-hybridized carbons (Fsp3) is 0.294. The number of nitrogens with one attached hydrogen (secondary N) is 1. The van der Waals surface area contributed by atoms with Crippen molar-refractivity contribution in [3.8, 4) is 5.75 Å². The average molecular weight is 411 g/mol. The van der Waals surface area contributed by atoms with Crippen LogP contribution in [-0.2, 0) is 12.8 Å². The lowest BCUT2D eigenvalue weighted by molar-refractivity contribution is 0.352. The third kappa shape index (κ3) is 3.33. The molecule has 0 saturated carbocycles. The van der Waals surface area contributed by atoms with E-state index in [1.54, 1.807) is 0 Å². The Hall–Kier alpha value is -0.840. The van der Waals surface area contributed by atoms with E-state index in [0.717, 1.165) is 34.1 Å². The summed E-state index contributed by atoms with van der Waals surface area (Å²) in [6.45, 7) is 0.793. The molecular weight excluding hydrogens is 394 g/mol. The zero-order valence-electron chi connectivity index (χ0n) is 11.8. The van der Waals surface area contributed by atoms with Gasteiger partial charge in [-0.25, -0.2) is 0 Å². The number of halogens is 2. The maximum Gasteiger partial charge on any atom is 0.125 e. The topological polar surface area (TPSA) is 21.3 Å². The van der Waals surface area contributed by atoms with Crippen molar-refractivity contribution < 1.29 is 4.74 Å². The predicted molar refractivity (Wildman–Crippen MR) is 93.0 cm³/mol. The Morgan fingerprint density at radius 3 is 2.62 bits per heavy atom. The lowest BCUT2D eigenvalue weighted by atomic mass is 9.97. The highest BCUT2D eigenvalue weighted by Gasteiger charge is 2.20. The molecule has 0 aliphatic carbocycles. The maximum absolute atomic E-state index is 5.83. The van der Waals surface area contributed by atoms with E-state index in [4.69, 9.17) is 4.74 Å². The largest absolute Gasteiger partial charge is 0.493 e. The van der Waals surface area contributed by atoms with E-state index in [0.29, 0.717) is 0 Å². The van der Waals surface area contributed by atoms with Crippen LogP contribution in [0.1, 0.15) is 22.7 Å². The number of fused-ring (bicyclic) bond motifs is 1. The minimum absolute atomic E-state index is 0.278. The van der Waals surface area contributed by atoms with Gasteiger partial charge in [-0.2, -0.15) is 0 Å². The monoisotopic (exact) mass is 409 g/mol. The van der Waals surface area contributed by atoms with Crippen LogP contribution in [0.4, 0.5) is 0 Å². The van der Waals surface area contributed by atoms with Gasteiger partial charge in [0.2, 0.25) is 0 Å². The number of ether oxygens (including phenoxy) is 1. The van der Waals surface area contributed by atoms with Crippen LogP contribution in [0.2, 0.25) is 0 Å². The first kappa shape index (κ1) is 15.1. The molecule has 2 aromatic rings. The molecule has 0 saturated heterocycles. The van der Waals surface area contributed by atoms with Gasteiger partial charge < -0.3 is 10.1 Å². The summed E-state index contributed by atoms with van der Waals surface area (Å²) in [6.07, 6.45) is 1.92. The second kappa shape index (κ2) is 6.51. The zero-order valence-corrected chi connectivity index (χ0v) is 15.0. The quantitative estimate of drug-likeness (QED) is 0.791. The first-order valence-corrected chi connectivity index (χ1v) is 8.63. The highest BCUT2D eigenvalue weighted by molar-refractivity contribution is 9.10. The standard InChI is InChI=1S/C17H17Br2NO/c1-20-16(11-2-4-14(18)5-3-11)10-13-9-15(19)8-12-6-7-21-17(12)13/h2-5,8-9,16,20H,6-7,10H2,1H3. The van der Waals surface area contributed by atoms with Crippen molar-refractivity contribution in [3.05, 3.63) is 62.0 Å². The van der Waals surface area contributed by atoms with Gasteiger partial charge in [-0.05, 0) is 54.4 Å². The Morgan fingerprint density at radius 1 is 1.14 bits per heavy atom. The number of likely N-dealkylation sites (N-methyl/N-ethyl adjacent to an activating group) is 1. The Balaban J connectivity index is 1.89. The van der Waals surface area contributed by atoms with Gasteiger partial charge >= 0.3 is 0 Å². The van der Waals surface area contributed by atoms with Crippen LogP contribution >= 0.6 is 31.9 Å². The minimum Gasteiger partial charge on any atom is -0.493 e. The number of hydrogen-bond donors (Lipinski definition) is 1. The van der Waals surface area contributed by atoms with Gasteiger partial charge in [0, 0.05) is 21.4 Å². The summed E-state index contributed by atoms with van der Waals surface area (Å²) in [5.74, 6) is 1.08. The highest BCUT2D eigenvalue weighted by atomic mass is 79.9. The van der Waals surface area contributed by atoms with Crippen molar-refractivity contribution in [2.75, 3.05) is 13.7 Å². The van der Waals surface area contributed by atoms with Gasteiger partial charge in [0.05, 0.1) is 6.61 Å². The normalized spacial score (nSPS) is 14.6. The van der Waals surface area contributed by atoms with Crippen LogP contribution in [0.5, 0.6) is 5.75 Å². The van der Waals surface area contributed by atoms with Gasteiger partial charge in [-0.1, -0.05) is 44.0 Å². The zero-order chi connectivity index (χ0) is 14.8. The lowest BCUT2D eigenvalue weighted by Gasteiger charge is -2.19. The van der Waals surface area contributed by atoms with Crippen LogP contribution in [0, 0.1) is 0 Å². The van der Waals surface area contributed by atoms with Gasteiger partial charge in [0.1, 0.15) is 5.75 Å².